The van der Waals surface area contributed by atoms with Gasteiger partial charge in [-0.1, -0.05) is 13.8 Å². The van der Waals surface area contributed by atoms with Crippen LogP contribution in [0.3, 0.4) is 0 Å². The molecule has 0 aliphatic carbocycles. The van der Waals surface area contributed by atoms with E-state index < -0.39 is 4.87 Å². The number of alkyl halides is 5. The van der Waals surface area contributed by atoms with E-state index in [2.05, 4.69) is 0 Å². The van der Waals surface area contributed by atoms with E-state index >= 15 is 0 Å². The number of rotatable bonds is 7. The van der Waals surface area contributed by atoms with Gasteiger partial charge >= 0.3 is 0 Å². The molecule has 0 aliphatic heterocycles. The third-order valence-corrected chi connectivity index (χ3v) is 5.36. The van der Waals surface area contributed by atoms with Gasteiger partial charge in [-0.2, -0.15) is 0 Å². The molecule has 91 valence electrons. The van der Waals surface area contributed by atoms with Gasteiger partial charge in [0, 0.05) is 23.6 Å². The van der Waals surface area contributed by atoms with Crippen LogP contribution in [0.25, 0.3) is 0 Å². The molecule has 15 heavy (non-hydrogen) atoms. The zero-order valence-corrected chi connectivity index (χ0v) is 12.6. The van der Waals surface area contributed by atoms with E-state index in [1.807, 2.05) is 20.3 Å². The van der Waals surface area contributed by atoms with Crippen molar-refractivity contribution in [3.63, 3.8) is 0 Å². The van der Waals surface area contributed by atoms with Crippen LogP contribution in [-0.4, -0.2) is 27.9 Å². The molecule has 0 spiro atoms. The molecule has 0 amide bonds. The Hall–Kier alpha value is 1.45. The van der Waals surface area contributed by atoms with Crippen LogP contribution in [0.5, 0.6) is 0 Å². The zero-order valence-electron chi connectivity index (χ0n) is 8.82. The maximum Gasteiger partial charge on any atom is 0.0566 e. The summed E-state index contributed by atoms with van der Waals surface area (Å²) in [6.07, 6.45) is 1.91. The first-order valence-corrected chi connectivity index (χ1v) is 7.21. The summed E-state index contributed by atoms with van der Waals surface area (Å²) in [5.74, 6) is 1.18. The minimum atomic E-state index is -0.592. The van der Waals surface area contributed by atoms with E-state index in [4.69, 9.17) is 58.0 Å². The van der Waals surface area contributed by atoms with Gasteiger partial charge in [-0.3, -0.25) is 0 Å². The third-order valence-electron chi connectivity index (χ3n) is 2.75. The summed E-state index contributed by atoms with van der Waals surface area (Å²) in [5, 5.41) is -0.247. The summed E-state index contributed by atoms with van der Waals surface area (Å²) in [5.41, 5.74) is 0. The molecule has 0 saturated carbocycles. The van der Waals surface area contributed by atoms with Crippen molar-refractivity contribution in [3.8, 4) is 0 Å². The van der Waals surface area contributed by atoms with Gasteiger partial charge in [-0.15, -0.1) is 58.0 Å². The molecule has 0 nitrogen and oxygen atoms in total. The van der Waals surface area contributed by atoms with Crippen LogP contribution in [-0.2, 0) is 0 Å². The van der Waals surface area contributed by atoms with Crippen LogP contribution in [0.4, 0.5) is 0 Å². The number of halogens is 5. The summed E-state index contributed by atoms with van der Waals surface area (Å²) < 4.78 is 0. The lowest BCUT2D eigenvalue weighted by Crippen LogP contribution is -2.45. The van der Waals surface area contributed by atoms with Gasteiger partial charge in [-0.05, 0) is 12.3 Å². The van der Waals surface area contributed by atoms with Crippen LogP contribution in [0.15, 0.2) is 0 Å². The highest BCUT2D eigenvalue weighted by atomic mass is 35.5. The Morgan fingerprint density at radius 1 is 1.13 bits per heavy atom. The molecule has 0 heterocycles. The van der Waals surface area contributed by atoms with Crippen LogP contribution < -0.4 is 0 Å². The fourth-order valence-corrected chi connectivity index (χ4v) is 3.44. The van der Waals surface area contributed by atoms with Gasteiger partial charge in [-0.25, -0.2) is 0 Å². The van der Waals surface area contributed by atoms with E-state index in [9.17, 15) is 0 Å². The molecule has 0 fully saturated rings. The third kappa shape index (κ3) is 4.00. The molecule has 0 aromatic carbocycles. The Morgan fingerprint density at radius 3 is 1.93 bits per heavy atom. The Balaban J connectivity index is 4.87. The van der Waals surface area contributed by atoms with Crippen molar-refractivity contribution >= 4 is 58.0 Å². The molecule has 1 radical (unpaired) electrons. The summed E-state index contributed by atoms with van der Waals surface area (Å²) in [7, 11) is 0. The van der Waals surface area contributed by atoms with Gasteiger partial charge in [0.2, 0.25) is 0 Å². The van der Waals surface area contributed by atoms with Crippen molar-refractivity contribution in [2.75, 3.05) is 17.6 Å². The van der Waals surface area contributed by atoms with Gasteiger partial charge in [0.25, 0.3) is 0 Å². The molecule has 0 aromatic heterocycles. The molecule has 0 N–H and O–H groups in total. The molecule has 0 rings (SSSR count). The number of hydrogen-bond donors (Lipinski definition) is 0. The minimum Gasteiger partial charge on any atom is -0.126 e. The van der Waals surface area contributed by atoms with Crippen molar-refractivity contribution in [3.05, 3.63) is 6.42 Å². The Morgan fingerprint density at radius 2 is 1.67 bits per heavy atom. The van der Waals surface area contributed by atoms with Crippen LogP contribution in [0.2, 0.25) is 0 Å². The second kappa shape index (κ2) is 7.71. The van der Waals surface area contributed by atoms with Crippen molar-refractivity contribution in [2.45, 2.75) is 24.1 Å². The second-order valence-corrected chi connectivity index (χ2v) is 5.74. The predicted octanol–water partition coefficient (Wildman–Crippen LogP) is 4.76. The molecule has 4 unspecified atom stereocenters. The Bertz CT molecular complexity index is 175. The normalized spacial score (nSPS) is 21.8. The molecule has 0 aromatic rings. The van der Waals surface area contributed by atoms with Crippen LogP contribution in [0.1, 0.15) is 13.8 Å². The van der Waals surface area contributed by atoms with E-state index in [-0.39, 0.29) is 17.2 Å². The SMILES string of the molecule is C[CH]C(Cl)(C(C)CCl)C(CCl)C(Cl)CCl. The van der Waals surface area contributed by atoms with Gasteiger partial charge in [0.15, 0.2) is 0 Å². The summed E-state index contributed by atoms with van der Waals surface area (Å²) in [6, 6.07) is 0. The maximum absolute atomic E-state index is 6.55. The van der Waals surface area contributed by atoms with Crippen molar-refractivity contribution in [1.82, 2.24) is 0 Å². The molecular weight excluding hydrogens is 297 g/mol. The van der Waals surface area contributed by atoms with Crippen LogP contribution in [0, 0.1) is 18.3 Å². The average molecular weight is 314 g/mol. The van der Waals surface area contributed by atoms with Crippen molar-refractivity contribution in [2.24, 2.45) is 11.8 Å². The quantitative estimate of drug-likeness (QED) is 0.594. The fraction of sp³-hybridized carbons (Fsp3) is 0.900. The monoisotopic (exact) mass is 311 g/mol. The second-order valence-electron chi connectivity index (χ2n) is 3.60. The summed E-state index contributed by atoms with van der Waals surface area (Å²) in [4.78, 5) is -0.592. The smallest absolute Gasteiger partial charge is 0.0566 e. The first-order valence-electron chi connectivity index (χ1n) is 4.79. The van der Waals surface area contributed by atoms with E-state index in [1.165, 1.54) is 0 Å². The lowest BCUT2D eigenvalue weighted by molar-refractivity contribution is 0.348. The average Bonchev–Trinajstić information content (AvgIpc) is 2.27. The molecule has 4 atom stereocenters. The van der Waals surface area contributed by atoms with E-state index in [1.54, 1.807) is 0 Å². The molecular formula is C10H16Cl5. The minimum absolute atomic E-state index is 0.0845. The molecule has 0 aliphatic rings. The summed E-state index contributed by atoms with van der Waals surface area (Å²) in [6.45, 7) is 3.88. The lowest BCUT2D eigenvalue weighted by Gasteiger charge is -2.39. The van der Waals surface area contributed by atoms with Gasteiger partial charge in [0.05, 0.1) is 10.3 Å². The van der Waals surface area contributed by atoms with E-state index in [0.717, 1.165) is 0 Å². The van der Waals surface area contributed by atoms with Gasteiger partial charge < -0.3 is 0 Å². The molecule has 0 saturated heterocycles. The maximum atomic E-state index is 6.55. The topological polar surface area (TPSA) is 0 Å². The standard InChI is InChI=1S/C10H16Cl5/c1-3-10(15,7(2)4-11)8(5-12)9(14)6-13/h3,7-9H,4-6H2,1-2H3. The van der Waals surface area contributed by atoms with E-state index in [0.29, 0.717) is 17.6 Å². The molecule has 0 bridgehead atoms. The predicted molar refractivity (Wildman–Crippen MR) is 73.0 cm³/mol. The molecule has 5 heteroatoms. The highest BCUT2D eigenvalue weighted by Gasteiger charge is 2.42. The van der Waals surface area contributed by atoms with Crippen molar-refractivity contribution < 1.29 is 0 Å². The first kappa shape index (κ1) is 16.4. The largest absolute Gasteiger partial charge is 0.126 e. The Labute approximate surface area is 118 Å². The highest BCUT2D eigenvalue weighted by molar-refractivity contribution is 6.31. The van der Waals surface area contributed by atoms with Crippen molar-refractivity contribution in [1.29, 1.82) is 0 Å². The summed E-state index contributed by atoms with van der Waals surface area (Å²) >= 11 is 30.2. The fourth-order valence-electron chi connectivity index (χ4n) is 1.58. The lowest BCUT2D eigenvalue weighted by atomic mass is 9.79. The first-order chi connectivity index (χ1) is 6.97. The Kier molecular flexibility index (Phi) is 8.46. The zero-order chi connectivity index (χ0) is 12.1. The van der Waals surface area contributed by atoms with Gasteiger partial charge in [0.1, 0.15) is 0 Å². The number of hydrogen-bond acceptors (Lipinski definition) is 0. The highest BCUT2D eigenvalue weighted by Crippen LogP contribution is 2.41. The van der Waals surface area contributed by atoms with Crippen LogP contribution >= 0.6 is 58.0 Å².